The van der Waals surface area contributed by atoms with Gasteiger partial charge >= 0.3 is 0 Å². The maximum atomic E-state index is 13.9. The number of carbonyl (C=O) groups excluding carboxylic acids is 1. The number of hydrogen-bond donors (Lipinski definition) is 1. The number of nitrogens with zero attached hydrogens (tertiary/aromatic N) is 2. The quantitative estimate of drug-likeness (QED) is 0.868. The molecule has 0 spiro atoms. The molecule has 1 amide bonds. The molecule has 3 rings (SSSR count). The molecule has 0 atom stereocenters. The predicted octanol–water partition coefficient (Wildman–Crippen LogP) is 2.18. The van der Waals surface area contributed by atoms with Gasteiger partial charge in [-0.1, -0.05) is 12.1 Å². The fourth-order valence-electron chi connectivity index (χ4n) is 3.73. The van der Waals surface area contributed by atoms with E-state index in [-0.39, 0.29) is 29.8 Å². The smallest absolute Gasteiger partial charge is 0.245 e. The lowest BCUT2D eigenvalue weighted by atomic mass is 9.93. The van der Waals surface area contributed by atoms with Gasteiger partial charge in [0.1, 0.15) is 16.3 Å². The molecule has 2 fully saturated rings. The minimum Gasteiger partial charge on any atom is -0.338 e. The van der Waals surface area contributed by atoms with Crippen molar-refractivity contribution in [3.05, 3.63) is 30.1 Å². The Morgan fingerprint density at radius 1 is 1.23 bits per heavy atom. The molecule has 1 saturated carbocycles. The van der Waals surface area contributed by atoms with Crippen LogP contribution in [0.4, 0.5) is 4.39 Å². The SMILES string of the molecule is N#CC1(NC(=O)C2CCN(S(=O)(=O)c3ccccc3F)CC2)CCCC1. The first-order valence-corrected chi connectivity index (χ1v) is 10.3. The highest BCUT2D eigenvalue weighted by atomic mass is 32.2. The molecular formula is C18H22FN3O3S. The van der Waals surface area contributed by atoms with Crippen LogP contribution in [-0.4, -0.2) is 37.3 Å². The molecule has 8 heteroatoms. The third-order valence-electron chi connectivity index (χ3n) is 5.31. The Balaban J connectivity index is 1.63. The number of hydrogen-bond acceptors (Lipinski definition) is 4. The molecule has 1 saturated heterocycles. The second-order valence-electron chi connectivity index (χ2n) is 7.00. The summed E-state index contributed by atoms with van der Waals surface area (Å²) in [6, 6.07) is 7.53. The monoisotopic (exact) mass is 379 g/mol. The van der Waals surface area contributed by atoms with Crippen molar-refractivity contribution in [2.45, 2.75) is 49.0 Å². The summed E-state index contributed by atoms with van der Waals surface area (Å²) in [5, 5.41) is 12.3. The lowest BCUT2D eigenvalue weighted by molar-refractivity contribution is -0.127. The Morgan fingerprint density at radius 3 is 2.42 bits per heavy atom. The average Bonchev–Trinajstić information content (AvgIpc) is 3.11. The standard InChI is InChI=1S/C18H22FN3O3S/c19-15-5-1-2-6-16(15)26(24,25)22-11-7-14(8-12-22)17(23)21-18(13-20)9-3-4-10-18/h1-2,5-6,14H,3-4,7-12H2,(H,21,23). The van der Waals surface area contributed by atoms with E-state index < -0.39 is 21.4 Å². The molecular weight excluding hydrogens is 357 g/mol. The second kappa shape index (κ2) is 7.33. The van der Waals surface area contributed by atoms with Crippen molar-refractivity contribution in [1.82, 2.24) is 9.62 Å². The number of carbonyl (C=O) groups is 1. The fourth-order valence-corrected chi connectivity index (χ4v) is 5.27. The van der Waals surface area contributed by atoms with Crippen molar-refractivity contribution in [3.63, 3.8) is 0 Å². The third kappa shape index (κ3) is 3.60. The summed E-state index contributed by atoms with van der Waals surface area (Å²) in [5.74, 6) is -1.28. The molecule has 1 aromatic rings. The van der Waals surface area contributed by atoms with Gasteiger partial charge in [-0.25, -0.2) is 12.8 Å². The number of benzene rings is 1. The first kappa shape index (κ1) is 18.8. The maximum Gasteiger partial charge on any atom is 0.245 e. The van der Waals surface area contributed by atoms with E-state index in [1.54, 1.807) is 0 Å². The van der Waals surface area contributed by atoms with Gasteiger partial charge in [0.2, 0.25) is 15.9 Å². The van der Waals surface area contributed by atoms with Crippen LogP contribution in [0.1, 0.15) is 38.5 Å². The van der Waals surface area contributed by atoms with Crippen LogP contribution in [-0.2, 0) is 14.8 Å². The normalized spacial score (nSPS) is 21.2. The van der Waals surface area contributed by atoms with Crippen LogP contribution in [0.5, 0.6) is 0 Å². The van der Waals surface area contributed by atoms with Crippen LogP contribution in [0.3, 0.4) is 0 Å². The van der Waals surface area contributed by atoms with Crippen molar-refractivity contribution >= 4 is 15.9 Å². The summed E-state index contributed by atoms with van der Waals surface area (Å²) >= 11 is 0. The van der Waals surface area contributed by atoms with Crippen molar-refractivity contribution in [2.75, 3.05) is 13.1 Å². The van der Waals surface area contributed by atoms with Gasteiger partial charge in [0.25, 0.3) is 0 Å². The number of sulfonamides is 1. The zero-order valence-electron chi connectivity index (χ0n) is 14.4. The van der Waals surface area contributed by atoms with E-state index in [0.29, 0.717) is 25.7 Å². The van der Waals surface area contributed by atoms with Crippen molar-refractivity contribution in [1.29, 1.82) is 5.26 Å². The van der Waals surface area contributed by atoms with Gasteiger partial charge in [0, 0.05) is 19.0 Å². The van der Waals surface area contributed by atoms with Crippen LogP contribution >= 0.6 is 0 Å². The van der Waals surface area contributed by atoms with E-state index in [2.05, 4.69) is 11.4 Å². The molecule has 2 aliphatic rings. The minimum atomic E-state index is -3.91. The van der Waals surface area contributed by atoms with Gasteiger partial charge in [-0.2, -0.15) is 9.57 Å². The lowest BCUT2D eigenvalue weighted by Crippen LogP contribution is -2.50. The fraction of sp³-hybridized carbons (Fsp3) is 0.556. The van der Waals surface area contributed by atoms with E-state index in [4.69, 9.17) is 0 Å². The molecule has 26 heavy (non-hydrogen) atoms. The van der Waals surface area contributed by atoms with Crippen molar-refractivity contribution in [3.8, 4) is 6.07 Å². The van der Waals surface area contributed by atoms with Crippen LogP contribution in [0.2, 0.25) is 0 Å². The zero-order valence-corrected chi connectivity index (χ0v) is 15.3. The number of nitrogens with one attached hydrogen (secondary N) is 1. The molecule has 1 aliphatic carbocycles. The Bertz CT molecular complexity index is 820. The van der Waals surface area contributed by atoms with Gasteiger partial charge < -0.3 is 5.32 Å². The van der Waals surface area contributed by atoms with E-state index in [0.717, 1.165) is 18.9 Å². The Kier molecular flexibility index (Phi) is 5.30. The van der Waals surface area contributed by atoms with E-state index >= 15 is 0 Å². The molecule has 0 bridgehead atoms. The number of halogens is 1. The molecule has 6 nitrogen and oxygen atoms in total. The summed E-state index contributed by atoms with van der Waals surface area (Å²) < 4.78 is 40.3. The van der Waals surface area contributed by atoms with Gasteiger partial charge in [0.15, 0.2) is 0 Å². The Labute approximate surface area is 153 Å². The summed E-state index contributed by atoms with van der Waals surface area (Å²) in [6.45, 7) is 0.322. The van der Waals surface area contributed by atoms with Gasteiger partial charge in [0.05, 0.1) is 6.07 Å². The molecule has 140 valence electrons. The predicted molar refractivity (Wildman–Crippen MR) is 92.8 cm³/mol. The van der Waals surface area contributed by atoms with Crippen LogP contribution < -0.4 is 5.32 Å². The molecule has 0 radical (unpaired) electrons. The zero-order chi connectivity index (χ0) is 18.8. The Morgan fingerprint density at radius 2 is 1.85 bits per heavy atom. The highest BCUT2D eigenvalue weighted by Crippen LogP contribution is 2.31. The summed E-state index contributed by atoms with van der Waals surface area (Å²) in [5.41, 5.74) is -0.770. The molecule has 0 unspecified atom stereocenters. The molecule has 1 N–H and O–H groups in total. The largest absolute Gasteiger partial charge is 0.338 e. The van der Waals surface area contributed by atoms with Crippen LogP contribution in [0, 0.1) is 23.1 Å². The molecule has 1 heterocycles. The number of amides is 1. The van der Waals surface area contributed by atoms with Crippen LogP contribution in [0.25, 0.3) is 0 Å². The first-order chi connectivity index (χ1) is 12.4. The maximum absolute atomic E-state index is 13.9. The van der Waals surface area contributed by atoms with Crippen LogP contribution in [0.15, 0.2) is 29.2 Å². The lowest BCUT2D eigenvalue weighted by Gasteiger charge is -2.32. The Hall–Kier alpha value is -1.98. The van der Waals surface area contributed by atoms with Crippen molar-refractivity contribution in [2.24, 2.45) is 5.92 Å². The minimum absolute atomic E-state index is 0.161. The number of nitriles is 1. The topological polar surface area (TPSA) is 90.3 Å². The second-order valence-corrected chi connectivity index (χ2v) is 8.91. The summed E-state index contributed by atoms with van der Waals surface area (Å²) in [6.07, 6.45) is 3.90. The molecule has 1 aromatic carbocycles. The summed E-state index contributed by atoms with van der Waals surface area (Å²) in [4.78, 5) is 12.2. The first-order valence-electron chi connectivity index (χ1n) is 8.86. The van der Waals surface area contributed by atoms with Gasteiger partial charge in [-0.15, -0.1) is 0 Å². The highest BCUT2D eigenvalue weighted by Gasteiger charge is 2.39. The van der Waals surface area contributed by atoms with E-state index in [9.17, 15) is 22.9 Å². The molecule has 1 aliphatic heterocycles. The van der Waals surface area contributed by atoms with Gasteiger partial charge in [-0.05, 0) is 50.7 Å². The highest BCUT2D eigenvalue weighted by molar-refractivity contribution is 7.89. The third-order valence-corrected chi connectivity index (χ3v) is 7.24. The number of rotatable bonds is 4. The molecule has 0 aromatic heterocycles. The summed E-state index contributed by atoms with van der Waals surface area (Å²) in [7, 11) is -3.91. The number of piperidine rings is 1. The van der Waals surface area contributed by atoms with Crippen molar-refractivity contribution < 1.29 is 17.6 Å². The average molecular weight is 379 g/mol. The van der Waals surface area contributed by atoms with Gasteiger partial charge in [-0.3, -0.25) is 4.79 Å². The van der Waals surface area contributed by atoms with E-state index in [1.165, 1.54) is 22.5 Å². The van der Waals surface area contributed by atoms with E-state index in [1.807, 2.05) is 0 Å².